The van der Waals surface area contributed by atoms with Gasteiger partial charge in [-0.05, 0) is 47.3 Å². The molecule has 0 bridgehead atoms. The number of ketones is 1. The number of benzene rings is 2. The average Bonchev–Trinajstić information content (AvgIpc) is 3.40. The van der Waals surface area contributed by atoms with Crippen LogP contribution < -0.4 is 9.80 Å². The van der Waals surface area contributed by atoms with Gasteiger partial charge in [-0.25, -0.2) is 0 Å². The molecule has 0 saturated heterocycles. The van der Waals surface area contributed by atoms with Gasteiger partial charge in [0.15, 0.2) is 5.76 Å². The van der Waals surface area contributed by atoms with Crippen molar-refractivity contribution in [3.63, 3.8) is 0 Å². The predicted molar refractivity (Wildman–Crippen MR) is 121 cm³/mol. The van der Waals surface area contributed by atoms with Crippen molar-refractivity contribution in [1.82, 2.24) is 0 Å². The lowest BCUT2D eigenvalue weighted by Gasteiger charge is -2.28. The average molecular weight is 472 g/mol. The summed E-state index contributed by atoms with van der Waals surface area (Å²) in [4.78, 5) is 29.5. The van der Waals surface area contributed by atoms with Crippen LogP contribution in [0.25, 0.3) is 0 Å². The molecule has 0 saturated carbocycles. The van der Waals surface area contributed by atoms with E-state index in [-0.39, 0.29) is 11.3 Å². The SMILES string of the molecule is CN(C)c1ccc(C2C(C(=O)c3cccs3)=C(O)C(=O)N2c2cccc(C(F)(F)F)c2)cc1. The lowest BCUT2D eigenvalue weighted by atomic mass is 9.94. The van der Waals surface area contributed by atoms with Crippen LogP contribution in [0.15, 0.2) is 77.4 Å². The Balaban J connectivity index is 1.87. The fraction of sp³-hybridized carbons (Fsp3) is 0.167. The van der Waals surface area contributed by atoms with E-state index in [9.17, 15) is 27.9 Å². The van der Waals surface area contributed by atoms with Gasteiger partial charge in [-0.2, -0.15) is 13.2 Å². The molecule has 1 aromatic heterocycles. The van der Waals surface area contributed by atoms with Gasteiger partial charge < -0.3 is 10.0 Å². The van der Waals surface area contributed by atoms with Crippen molar-refractivity contribution in [1.29, 1.82) is 0 Å². The Morgan fingerprint density at radius 3 is 2.33 bits per heavy atom. The molecule has 3 aromatic rings. The molecule has 1 aliphatic rings. The van der Waals surface area contributed by atoms with Crippen LogP contribution in [-0.4, -0.2) is 30.9 Å². The largest absolute Gasteiger partial charge is 0.503 e. The van der Waals surface area contributed by atoms with E-state index in [1.165, 1.54) is 12.1 Å². The summed E-state index contributed by atoms with van der Waals surface area (Å²) in [7, 11) is 3.70. The van der Waals surface area contributed by atoms with Crippen LogP contribution in [0.4, 0.5) is 24.5 Å². The Bertz CT molecular complexity index is 1230. The molecule has 0 aliphatic carbocycles. The summed E-state index contributed by atoms with van der Waals surface area (Å²) in [5.74, 6) is -2.25. The second kappa shape index (κ2) is 8.40. The van der Waals surface area contributed by atoms with E-state index in [4.69, 9.17) is 0 Å². The smallest absolute Gasteiger partial charge is 0.416 e. The summed E-state index contributed by atoms with van der Waals surface area (Å²) < 4.78 is 40.0. The highest BCUT2D eigenvalue weighted by molar-refractivity contribution is 7.12. The number of nitrogens with zero attached hydrogens (tertiary/aromatic N) is 2. The Hall–Kier alpha value is -3.59. The predicted octanol–water partition coefficient (Wildman–Crippen LogP) is 5.62. The number of carbonyl (C=O) groups is 2. The molecular formula is C24H19F3N2O3S. The van der Waals surface area contributed by atoms with Gasteiger partial charge in [0, 0.05) is 25.5 Å². The van der Waals surface area contributed by atoms with Gasteiger partial charge in [-0.3, -0.25) is 14.5 Å². The van der Waals surface area contributed by atoms with Crippen molar-refractivity contribution in [2.24, 2.45) is 0 Å². The molecular weight excluding hydrogens is 453 g/mol. The summed E-state index contributed by atoms with van der Waals surface area (Å²) in [5, 5.41) is 12.4. The molecule has 170 valence electrons. The third-order valence-electron chi connectivity index (χ3n) is 5.37. The lowest BCUT2D eigenvalue weighted by Crippen LogP contribution is -2.31. The zero-order valence-corrected chi connectivity index (χ0v) is 18.4. The molecule has 1 atom stereocenters. The fourth-order valence-electron chi connectivity index (χ4n) is 3.75. The first-order valence-electron chi connectivity index (χ1n) is 9.89. The molecule has 4 rings (SSSR count). The molecule has 1 aliphatic heterocycles. The van der Waals surface area contributed by atoms with E-state index in [2.05, 4.69) is 0 Å². The number of Topliss-reactive ketones (excluding diaryl/α,β-unsaturated/α-hetero) is 1. The molecule has 2 aromatic carbocycles. The first kappa shape index (κ1) is 22.6. The molecule has 5 nitrogen and oxygen atoms in total. The summed E-state index contributed by atoms with van der Waals surface area (Å²) in [5.41, 5.74) is 0.157. The third kappa shape index (κ3) is 4.11. The standard InChI is InChI=1S/C24H19F3N2O3S/c1-28(2)16-10-8-14(9-11-16)20-19(21(30)18-7-4-12-33-18)22(31)23(32)29(20)17-6-3-5-15(13-17)24(25,26)27/h3-13,20,31H,1-2H3. The molecule has 0 fully saturated rings. The number of carbonyl (C=O) groups excluding carboxylic acids is 2. The monoisotopic (exact) mass is 472 g/mol. The molecule has 0 spiro atoms. The summed E-state index contributed by atoms with van der Waals surface area (Å²) >= 11 is 1.15. The minimum atomic E-state index is -4.62. The van der Waals surface area contributed by atoms with Crippen molar-refractivity contribution < 1.29 is 27.9 Å². The molecule has 33 heavy (non-hydrogen) atoms. The van der Waals surface area contributed by atoms with E-state index < -0.39 is 35.2 Å². The highest BCUT2D eigenvalue weighted by Crippen LogP contribution is 2.43. The van der Waals surface area contributed by atoms with Crippen molar-refractivity contribution >= 4 is 34.4 Å². The van der Waals surface area contributed by atoms with Gasteiger partial charge in [0.2, 0.25) is 5.78 Å². The van der Waals surface area contributed by atoms with Crippen molar-refractivity contribution in [3.8, 4) is 0 Å². The Morgan fingerprint density at radius 2 is 1.76 bits per heavy atom. The van der Waals surface area contributed by atoms with E-state index in [0.29, 0.717) is 10.4 Å². The zero-order chi connectivity index (χ0) is 23.9. The maximum absolute atomic E-state index is 13.3. The number of halogens is 3. The van der Waals surface area contributed by atoms with Crippen molar-refractivity contribution in [2.75, 3.05) is 23.9 Å². The van der Waals surface area contributed by atoms with Gasteiger partial charge in [0.25, 0.3) is 5.91 Å². The Kier molecular flexibility index (Phi) is 5.75. The van der Waals surface area contributed by atoms with Crippen molar-refractivity contribution in [2.45, 2.75) is 12.2 Å². The summed E-state index contributed by atoms with van der Waals surface area (Å²) in [6.45, 7) is 0. The van der Waals surface area contributed by atoms with Crippen LogP contribution >= 0.6 is 11.3 Å². The van der Waals surface area contributed by atoms with E-state index in [0.717, 1.165) is 34.1 Å². The van der Waals surface area contributed by atoms with E-state index >= 15 is 0 Å². The second-order valence-corrected chi connectivity index (χ2v) is 8.63. The maximum Gasteiger partial charge on any atom is 0.416 e. The Morgan fingerprint density at radius 1 is 1.06 bits per heavy atom. The minimum absolute atomic E-state index is 0.0722. The normalized spacial score (nSPS) is 16.5. The number of hydrogen-bond donors (Lipinski definition) is 1. The summed E-state index contributed by atoms with van der Waals surface area (Å²) in [6, 6.07) is 13.3. The number of anilines is 2. The molecule has 1 N–H and O–H groups in total. The quantitative estimate of drug-likeness (QED) is 0.490. The third-order valence-corrected chi connectivity index (χ3v) is 6.24. The van der Waals surface area contributed by atoms with Gasteiger partial charge in [0.05, 0.1) is 22.1 Å². The van der Waals surface area contributed by atoms with Crippen LogP contribution in [0.5, 0.6) is 0 Å². The van der Waals surface area contributed by atoms with Gasteiger partial charge >= 0.3 is 6.18 Å². The van der Waals surface area contributed by atoms with Gasteiger partial charge in [0.1, 0.15) is 0 Å². The first-order valence-corrected chi connectivity index (χ1v) is 10.8. The fourth-order valence-corrected chi connectivity index (χ4v) is 4.42. The van der Waals surface area contributed by atoms with Crippen LogP contribution in [0.2, 0.25) is 0 Å². The highest BCUT2D eigenvalue weighted by atomic mass is 32.1. The molecule has 1 amide bonds. The van der Waals surface area contributed by atoms with Crippen LogP contribution in [0.3, 0.4) is 0 Å². The highest BCUT2D eigenvalue weighted by Gasteiger charge is 2.45. The molecule has 9 heteroatoms. The van der Waals surface area contributed by atoms with Gasteiger partial charge in [-0.1, -0.05) is 24.3 Å². The first-order chi connectivity index (χ1) is 15.6. The second-order valence-electron chi connectivity index (χ2n) is 7.68. The number of alkyl halides is 3. The minimum Gasteiger partial charge on any atom is -0.503 e. The number of hydrogen-bond acceptors (Lipinski definition) is 5. The number of thiophene rings is 1. The van der Waals surface area contributed by atoms with Crippen LogP contribution in [-0.2, 0) is 11.0 Å². The molecule has 1 unspecified atom stereocenters. The lowest BCUT2D eigenvalue weighted by molar-refractivity contribution is -0.137. The molecule has 0 radical (unpaired) electrons. The molecule has 2 heterocycles. The summed E-state index contributed by atoms with van der Waals surface area (Å²) in [6.07, 6.45) is -4.62. The number of aliphatic hydroxyl groups is 1. The number of amides is 1. The maximum atomic E-state index is 13.3. The van der Waals surface area contributed by atoms with E-state index in [1.807, 2.05) is 19.0 Å². The Labute approximate surface area is 192 Å². The van der Waals surface area contributed by atoms with Crippen molar-refractivity contribution in [3.05, 3.63) is 93.4 Å². The number of aliphatic hydroxyl groups excluding tert-OH is 1. The number of rotatable bonds is 5. The van der Waals surface area contributed by atoms with Crippen LogP contribution in [0, 0.1) is 0 Å². The van der Waals surface area contributed by atoms with Crippen LogP contribution in [0.1, 0.15) is 26.8 Å². The topological polar surface area (TPSA) is 60.9 Å². The zero-order valence-electron chi connectivity index (χ0n) is 17.6. The van der Waals surface area contributed by atoms with E-state index in [1.54, 1.807) is 41.8 Å². The van der Waals surface area contributed by atoms with Gasteiger partial charge in [-0.15, -0.1) is 11.3 Å².